The maximum atomic E-state index is 11.9. The number of rotatable bonds is 5. The summed E-state index contributed by atoms with van der Waals surface area (Å²) in [5, 5.41) is 16.4. The van der Waals surface area contributed by atoms with Crippen LogP contribution < -0.4 is 5.32 Å². The molecule has 0 fully saturated rings. The van der Waals surface area contributed by atoms with Crippen molar-refractivity contribution in [3.63, 3.8) is 0 Å². The summed E-state index contributed by atoms with van der Waals surface area (Å²) in [4.78, 5) is 11.9. The molecule has 0 spiro atoms. The third-order valence-electron chi connectivity index (χ3n) is 2.35. The van der Waals surface area contributed by atoms with Crippen molar-refractivity contribution >= 4 is 21.8 Å². The van der Waals surface area contributed by atoms with Crippen molar-refractivity contribution in [2.45, 2.75) is 25.8 Å². The predicted octanol–water partition coefficient (Wildman–Crippen LogP) is 1.83. The molecule has 0 unspecified atom stereocenters. The number of amides is 1. The predicted molar refractivity (Wildman–Crippen MR) is 65.7 cm³/mol. The zero-order valence-corrected chi connectivity index (χ0v) is 11.3. The molecule has 2 aromatic heterocycles. The molecular weight excluding hydrogens is 302 g/mol. The number of nitrogens with zero attached hydrogens (tertiary/aromatic N) is 3. The fourth-order valence-corrected chi connectivity index (χ4v) is 1.84. The molecule has 0 aromatic carbocycles. The van der Waals surface area contributed by atoms with Crippen molar-refractivity contribution in [2.24, 2.45) is 0 Å². The van der Waals surface area contributed by atoms with Crippen LogP contribution in [0.5, 0.6) is 0 Å². The highest BCUT2D eigenvalue weighted by Gasteiger charge is 2.20. The number of aromatic nitrogens is 4. The molecule has 0 saturated heterocycles. The van der Waals surface area contributed by atoms with Crippen LogP contribution in [0.15, 0.2) is 21.2 Å². The number of halogens is 1. The second kappa shape index (κ2) is 5.76. The summed E-state index contributed by atoms with van der Waals surface area (Å²) in [7, 11) is 0. The van der Waals surface area contributed by atoms with Gasteiger partial charge in [0.25, 0.3) is 5.91 Å². The Morgan fingerprint density at radius 1 is 1.61 bits per heavy atom. The van der Waals surface area contributed by atoms with Crippen LogP contribution in [0, 0.1) is 0 Å². The van der Waals surface area contributed by atoms with Gasteiger partial charge in [0.15, 0.2) is 16.3 Å². The van der Waals surface area contributed by atoms with Gasteiger partial charge in [-0.2, -0.15) is 5.21 Å². The molecule has 0 radical (unpaired) electrons. The Hall–Kier alpha value is -1.70. The molecule has 2 rings (SSSR count). The van der Waals surface area contributed by atoms with E-state index < -0.39 is 0 Å². The van der Waals surface area contributed by atoms with Crippen molar-refractivity contribution in [3.05, 3.63) is 28.4 Å². The maximum absolute atomic E-state index is 11.9. The Balaban J connectivity index is 2.07. The Kier molecular flexibility index (Phi) is 4.08. The molecule has 0 aliphatic carbocycles. The van der Waals surface area contributed by atoms with Gasteiger partial charge in [0.05, 0.1) is 6.04 Å². The molecule has 1 amide bonds. The summed E-state index contributed by atoms with van der Waals surface area (Å²) in [6.45, 7) is 2.02. The van der Waals surface area contributed by atoms with Gasteiger partial charge in [0.2, 0.25) is 0 Å². The first kappa shape index (κ1) is 12.7. The number of nitrogens with one attached hydrogen (secondary N) is 2. The van der Waals surface area contributed by atoms with Crippen molar-refractivity contribution in [1.82, 2.24) is 25.9 Å². The SMILES string of the molecule is CCC[C@H](NC(=O)c1ccc(Br)o1)c1nn[nH]n1. The minimum atomic E-state index is -0.302. The summed E-state index contributed by atoms with van der Waals surface area (Å²) in [6, 6.07) is 2.99. The summed E-state index contributed by atoms with van der Waals surface area (Å²) in [5.74, 6) is 0.409. The Morgan fingerprint density at radius 3 is 3.00 bits per heavy atom. The molecule has 0 aliphatic heterocycles. The molecule has 96 valence electrons. The Labute approximate surface area is 111 Å². The van der Waals surface area contributed by atoms with E-state index >= 15 is 0 Å². The van der Waals surface area contributed by atoms with Gasteiger partial charge in [0.1, 0.15) is 0 Å². The average Bonchev–Trinajstić information content (AvgIpc) is 2.98. The van der Waals surface area contributed by atoms with E-state index in [-0.39, 0.29) is 17.7 Å². The lowest BCUT2D eigenvalue weighted by atomic mass is 10.1. The summed E-state index contributed by atoms with van der Waals surface area (Å²) in [5.41, 5.74) is 0. The molecule has 18 heavy (non-hydrogen) atoms. The van der Waals surface area contributed by atoms with Crippen LogP contribution in [0.4, 0.5) is 0 Å². The Bertz CT molecular complexity index is 510. The van der Waals surface area contributed by atoms with Crippen molar-refractivity contribution < 1.29 is 9.21 Å². The van der Waals surface area contributed by atoms with Crippen LogP contribution in [0.25, 0.3) is 0 Å². The van der Waals surface area contributed by atoms with Gasteiger partial charge in [0, 0.05) is 0 Å². The first-order chi connectivity index (χ1) is 8.70. The van der Waals surface area contributed by atoms with E-state index in [0.29, 0.717) is 10.5 Å². The second-order valence-electron chi connectivity index (χ2n) is 3.69. The first-order valence-corrected chi connectivity index (χ1v) is 6.29. The number of tetrazole rings is 1. The monoisotopic (exact) mass is 313 g/mol. The van der Waals surface area contributed by atoms with Crippen molar-refractivity contribution in [3.8, 4) is 0 Å². The molecule has 0 bridgehead atoms. The normalized spacial score (nSPS) is 12.3. The number of carbonyl (C=O) groups is 1. The summed E-state index contributed by atoms with van der Waals surface area (Å²) in [6.07, 6.45) is 1.62. The van der Waals surface area contributed by atoms with Gasteiger partial charge in [-0.3, -0.25) is 4.79 Å². The van der Waals surface area contributed by atoms with Gasteiger partial charge in [-0.05, 0) is 34.5 Å². The number of aromatic amines is 1. The lowest BCUT2D eigenvalue weighted by Crippen LogP contribution is -2.29. The van der Waals surface area contributed by atoms with Crippen LogP contribution in [0.1, 0.15) is 42.2 Å². The van der Waals surface area contributed by atoms with E-state index in [2.05, 4.69) is 41.9 Å². The third-order valence-corrected chi connectivity index (χ3v) is 2.78. The highest BCUT2D eigenvalue weighted by molar-refractivity contribution is 9.10. The molecule has 2 heterocycles. The van der Waals surface area contributed by atoms with Crippen LogP contribution >= 0.6 is 15.9 Å². The average molecular weight is 314 g/mol. The molecule has 0 saturated carbocycles. The number of hydrogen-bond acceptors (Lipinski definition) is 5. The molecule has 2 aromatic rings. The maximum Gasteiger partial charge on any atom is 0.287 e. The highest BCUT2D eigenvalue weighted by atomic mass is 79.9. The smallest absolute Gasteiger partial charge is 0.287 e. The largest absolute Gasteiger partial charge is 0.444 e. The van der Waals surface area contributed by atoms with E-state index in [0.717, 1.165) is 12.8 Å². The van der Waals surface area contributed by atoms with Crippen LogP contribution in [0.3, 0.4) is 0 Å². The van der Waals surface area contributed by atoms with E-state index in [1.54, 1.807) is 12.1 Å². The quantitative estimate of drug-likeness (QED) is 0.877. The van der Waals surface area contributed by atoms with Crippen LogP contribution in [0.2, 0.25) is 0 Å². The van der Waals surface area contributed by atoms with Crippen molar-refractivity contribution in [2.75, 3.05) is 0 Å². The van der Waals surface area contributed by atoms with Gasteiger partial charge in [-0.1, -0.05) is 18.6 Å². The summed E-state index contributed by atoms with van der Waals surface area (Å²) < 4.78 is 5.70. The van der Waals surface area contributed by atoms with E-state index in [9.17, 15) is 4.79 Å². The minimum Gasteiger partial charge on any atom is -0.444 e. The zero-order valence-electron chi connectivity index (χ0n) is 9.68. The van der Waals surface area contributed by atoms with Crippen LogP contribution in [-0.2, 0) is 0 Å². The van der Waals surface area contributed by atoms with Gasteiger partial charge in [-0.25, -0.2) is 0 Å². The highest BCUT2D eigenvalue weighted by Crippen LogP contribution is 2.17. The zero-order chi connectivity index (χ0) is 13.0. The number of carbonyl (C=O) groups excluding carboxylic acids is 1. The number of H-pyrrole nitrogens is 1. The summed E-state index contributed by atoms with van der Waals surface area (Å²) >= 11 is 3.15. The number of furan rings is 1. The van der Waals surface area contributed by atoms with E-state index in [1.165, 1.54) is 0 Å². The van der Waals surface area contributed by atoms with Gasteiger partial charge >= 0.3 is 0 Å². The van der Waals surface area contributed by atoms with Crippen LogP contribution in [-0.4, -0.2) is 26.5 Å². The topological polar surface area (TPSA) is 96.7 Å². The Morgan fingerprint density at radius 2 is 2.44 bits per heavy atom. The van der Waals surface area contributed by atoms with Crippen molar-refractivity contribution in [1.29, 1.82) is 0 Å². The molecular formula is C10H12BrN5O2. The van der Waals surface area contributed by atoms with E-state index in [1.807, 2.05) is 6.92 Å². The molecule has 1 atom stereocenters. The second-order valence-corrected chi connectivity index (χ2v) is 4.47. The first-order valence-electron chi connectivity index (χ1n) is 5.50. The lowest BCUT2D eigenvalue weighted by molar-refractivity contribution is 0.0903. The standard InChI is InChI=1S/C10H12BrN5O2/c1-2-3-6(9-13-15-16-14-9)12-10(17)7-4-5-8(11)18-7/h4-6H,2-3H2,1H3,(H,12,17)(H,13,14,15,16)/t6-/m0/s1. The number of hydrogen-bond donors (Lipinski definition) is 2. The molecule has 7 nitrogen and oxygen atoms in total. The third kappa shape index (κ3) is 2.95. The molecule has 0 aliphatic rings. The fourth-order valence-electron chi connectivity index (χ4n) is 1.54. The van der Waals surface area contributed by atoms with E-state index in [4.69, 9.17) is 4.42 Å². The molecule has 8 heteroatoms. The minimum absolute atomic E-state index is 0.242. The fraction of sp³-hybridized carbons (Fsp3) is 0.400. The lowest BCUT2D eigenvalue weighted by Gasteiger charge is -2.13. The van der Waals surface area contributed by atoms with Gasteiger partial charge in [-0.15, -0.1) is 10.2 Å². The molecule has 2 N–H and O–H groups in total. The van der Waals surface area contributed by atoms with Gasteiger partial charge < -0.3 is 9.73 Å².